The van der Waals surface area contributed by atoms with Crippen molar-refractivity contribution < 1.29 is 5.11 Å². The first-order valence-corrected chi connectivity index (χ1v) is 8.06. The van der Waals surface area contributed by atoms with Gasteiger partial charge in [0.25, 0.3) is 11.1 Å². The first-order chi connectivity index (χ1) is 10.9. The monoisotopic (exact) mass is 330 g/mol. The topological polar surface area (TPSA) is 75.1 Å². The molecule has 0 atom stereocenters. The van der Waals surface area contributed by atoms with Gasteiger partial charge in [-0.2, -0.15) is 0 Å². The maximum atomic E-state index is 11.9. The summed E-state index contributed by atoms with van der Waals surface area (Å²) in [6.07, 6.45) is 0. The molecule has 1 aromatic heterocycles. The Bertz CT molecular complexity index is 827. The normalized spacial score (nSPS) is 12.4. The van der Waals surface area contributed by atoms with E-state index in [4.69, 9.17) is 0 Å². The number of aromatic hydroxyl groups is 1. The lowest BCUT2D eigenvalue weighted by molar-refractivity contribution is 0.422. The van der Waals surface area contributed by atoms with Crippen molar-refractivity contribution in [2.24, 2.45) is 0 Å². The SMILES string of the molecule is CC(C)(C)c1cc(Cn2[nH]c(=O)ccc2=O)cc(C(C)(C)C)c1O. The largest absolute Gasteiger partial charge is 0.507 e. The molecule has 0 bridgehead atoms. The number of H-pyrrole nitrogens is 1. The molecule has 5 nitrogen and oxygen atoms in total. The lowest BCUT2D eigenvalue weighted by atomic mass is 9.78. The van der Waals surface area contributed by atoms with Gasteiger partial charge < -0.3 is 5.11 Å². The number of benzene rings is 1. The summed E-state index contributed by atoms with van der Waals surface area (Å²) in [5, 5.41) is 13.3. The summed E-state index contributed by atoms with van der Waals surface area (Å²) in [5.74, 6) is 0.299. The quantitative estimate of drug-likeness (QED) is 0.889. The molecule has 2 N–H and O–H groups in total. The molecule has 1 aromatic carbocycles. The highest BCUT2D eigenvalue weighted by Crippen LogP contribution is 2.39. The minimum absolute atomic E-state index is 0.241. The van der Waals surface area contributed by atoms with E-state index < -0.39 is 0 Å². The van der Waals surface area contributed by atoms with Gasteiger partial charge in [0, 0.05) is 12.1 Å². The van der Waals surface area contributed by atoms with Gasteiger partial charge in [0.05, 0.1) is 6.54 Å². The number of aromatic amines is 1. The third-order valence-electron chi connectivity index (χ3n) is 4.01. The summed E-state index contributed by atoms with van der Waals surface area (Å²) in [7, 11) is 0. The van der Waals surface area contributed by atoms with Gasteiger partial charge in [-0.05, 0) is 39.7 Å². The Labute approximate surface area is 142 Å². The number of aromatic nitrogens is 2. The number of phenols is 1. The average molecular weight is 330 g/mol. The van der Waals surface area contributed by atoms with Crippen molar-refractivity contribution in [3.05, 3.63) is 61.7 Å². The molecule has 2 rings (SSSR count). The van der Waals surface area contributed by atoms with E-state index in [0.717, 1.165) is 16.7 Å². The third-order valence-corrected chi connectivity index (χ3v) is 4.01. The van der Waals surface area contributed by atoms with Crippen molar-refractivity contribution in [3.8, 4) is 5.75 Å². The number of hydrogen-bond acceptors (Lipinski definition) is 3. The Balaban J connectivity index is 2.64. The van der Waals surface area contributed by atoms with Gasteiger partial charge in [-0.15, -0.1) is 0 Å². The fourth-order valence-corrected chi connectivity index (χ4v) is 2.69. The predicted molar refractivity (Wildman–Crippen MR) is 95.9 cm³/mol. The summed E-state index contributed by atoms with van der Waals surface area (Å²) >= 11 is 0. The van der Waals surface area contributed by atoms with Crippen LogP contribution in [0.25, 0.3) is 0 Å². The molecule has 0 amide bonds. The maximum absolute atomic E-state index is 11.9. The van der Waals surface area contributed by atoms with Gasteiger partial charge in [0.15, 0.2) is 0 Å². The molecule has 0 aliphatic carbocycles. The summed E-state index contributed by atoms with van der Waals surface area (Å²) < 4.78 is 1.29. The van der Waals surface area contributed by atoms with Crippen molar-refractivity contribution in [1.29, 1.82) is 0 Å². The Kier molecular flexibility index (Phi) is 4.48. The van der Waals surface area contributed by atoms with Crippen LogP contribution in [-0.2, 0) is 17.4 Å². The van der Waals surface area contributed by atoms with E-state index in [9.17, 15) is 14.7 Å². The first kappa shape index (κ1) is 18.0. The molecule has 0 saturated carbocycles. The maximum Gasteiger partial charge on any atom is 0.265 e. The van der Waals surface area contributed by atoms with E-state index in [1.54, 1.807) is 0 Å². The van der Waals surface area contributed by atoms with E-state index in [1.165, 1.54) is 16.8 Å². The number of rotatable bonds is 2. The number of phenolic OH excluding ortho intramolecular Hbond substituents is 1. The summed E-state index contributed by atoms with van der Waals surface area (Å²) in [6, 6.07) is 6.29. The fourth-order valence-electron chi connectivity index (χ4n) is 2.69. The number of nitrogens with one attached hydrogen (secondary N) is 1. The molecule has 0 radical (unpaired) electrons. The summed E-state index contributed by atoms with van der Waals surface area (Å²) in [6.45, 7) is 12.5. The third kappa shape index (κ3) is 3.78. The second kappa shape index (κ2) is 5.96. The van der Waals surface area contributed by atoms with Crippen LogP contribution in [0.15, 0.2) is 33.9 Å². The molecule has 2 aromatic rings. The molecule has 0 aliphatic heterocycles. The van der Waals surface area contributed by atoms with Crippen LogP contribution < -0.4 is 11.1 Å². The summed E-state index contributed by atoms with van der Waals surface area (Å²) in [4.78, 5) is 23.4. The molecule has 0 fully saturated rings. The van der Waals surface area contributed by atoms with E-state index in [2.05, 4.69) is 5.10 Å². The zero-order valence-corrected chi connectivity index (χ0v) is 15.2. The highest BCUT2D eigenvalue weighted by atomic mass is 16.3. The van der Waals surface area contributed by atoms with Crippen molar-refractivity contribution in [1.82, 2.24) is 9.78 Å². The fraction of sp³-hybridized carbons (Fsp3) is 0.474. The minimum atomic E-state index is -0.319. The molecular weight excluding hydrogens is 304 g/mol. The van der Waals surface area contributed by atoms with Crippen LogP contribution in [0.3, 0.4) is 0 Å². The molecule has 0 unspecified atom stereocenters. The Morgan fingerprint density at radius 2 is 1.46 bits per heavy atom. The van der Waals surface area contributed by atoms with Gasteiger partial charge in [0.2, 0.25) is 0 Å². The van der Waals surface area contributed by atoms with Gasteiger partial charge in [-0.25, -0.2) is 4.68 Å². The second-order valence-electron chi connectivity index (χ2n) is 8.27. The van der Waals surface area contributed by atoms with Crippen LogP contribution in [0.4, 0.5) is 0 Å². The van der Waals surface area contributed by atoms with Crippen LogP contribution in [-0.4, -0.2) is 14.9 Å². The van der Waals surface area contributed by atoms with E-state index >= 15 is 0 Å². The molecule has 0 aliphatic rings. The molecule has 0 saturated heterocycles. The molecule has 24 heavy (non-hydrogen) atoms. The van der Waals surface area contributed by atoms with Crippen LogP contribution in [0.2, 0.25) is 0 Å². The van der Waals surface area contributed by atoms with Crippen molar-refractivity contribution >= 4 is 0 Å². The molecule has 5 heteroatoms. The van der Waals surface area contributed by atoms with Gasteiger partial charge in [-0.3, -0.25) is 14.7 Å². The molecule has 130 valence electrons. The van der Waals surface area contributed by atoms with Crippen LogP contribution >= 0.6 is 0 Å². The predicted octanol–water partition coefficient (Wildman–Crippen LogP) is 2.89. The van der Waals surface area contributed by atoms with Gasteiger partial charge in [0.1, 0.15) is 5.75 Å². The van der Waals surface area contributed by atoms with E-state index in [-0.39, 0.29) is 28.5 Å². The first-order valence-electron chi connectivity index (χ1n) is 8.06. The highest BCUT2D eigenvalue weighted by molar-refractivity contribution is 5.49. The standard InChI is InChI=1S/C19H26N2O3/c1-18(2,3)13-9-12(10-14(17(13)24)19(4,5)6)11-21-16(23)8-7-15(22)20-21/h7-10,24H,11H2,1-6H3,(H,20,22). The van der Waals surface area contributed by atoms with Crippen molar-refractivity contribution in [2.75, 3.05) is 0 Å². The second-order valence-corrected chi connectivity index (χ2v) is 8.27. The van der Waals surface area contributed by atoms with Crippen LogP contribution in [0.1, 0.15) is 58.2 Å². The lowest BCUT2D eigenvalue weighted by Crippen LogP contribution is -2.28. The molecular formula is C19H26N2O3. The van der Waals surface area contributed by atoms with E-state index in [0.29, 0.717) is 5.75 Å². The van der Waals surface area contributed by atoms with Crippen molar-refractivity contribution in [2.45, 2.75) is 58.9 Å². The highest BCUT2D eigenvalue weighted by Gasteiger charge is 2.26. The Morgan fingerprint density at radius 3 is 1.92 bits per heavy atom. The van der Waals surface area contributed by atoms with Crippen LogP contribution in [0.5, 0.6) is 5.75 Å². The summed E-state index contributed by atoms with van der Waals surface area (Å²) in [5.41, 5.74) is 1.46. The van der Waals surface area contributed by atoms with Crippen molar-refractivity contribution in [3.63, 3.8) is 0 Å². The molecule has 0 spiro atoms. The molecule has 1 heterocycles. The number of nitrogens with zero attached hydrogens (tertiary/aromatic N) is 1. The Morgan fingerprint density at radius 1 is 0.958 bits per heavy atom. The minimum Gasteiger partial charge on any atom is -0.507 e. The number of hydrogen-bond donors (Lipinski definition) is 2. The zero-order chi connectivity index (χ0) is 18.3. The van der Waals surface area contributed by atoms with Gasteiger partial charge >= 0.3 is 0 Å². The Hall–Kier alpha value is -2.30. The van der Waals surface area contributed by atoms with Crippen LogP contribution in [0, 0.1) is 0 Å². The smallest absolute Gasteiger partial charge is 0.265 e. The van der Waals surface area contributed by atoms with E-state index in [1.807, 2.05) is 53.7 Å². The zero-order valence-electron chi connectivity index (χ0n) is 15.2. The lowest BCUT2D eigenvalue weighted by Gasteiger charge is -2.28. The van der Waals surface area contributed by atoms with Gasteiger partial charge in [-0.1, -0.05) is 41.5 Å². The average Bonchev–Trinajstić information content (AvgIpc) is 2.42.